The fraction of sp³-hybridized carbons (Fsp3) is 0.500. The molecule has 0 aliphatic carbocycles. The van der Waals surface area contributed by atoms with Crippen LogP contribution in [0.5, 0.6) is 0 Å². The number of hydrogen-bond acceptors (Lipinski definition) is 6. The number of fused-ring (bicyclic) bond motifs is 1. The maximum absolute atomic E-state index is 5.60. The van der Waals surface area contributed by atoms with Crippen LogP contribution in [0.2, 0.25) is 0 Å². The van der Waals surface area contributed by atoms with Crippen LogP contribution in [0.3, 0.4) is 0 Å². The Morgan fingerprint density at radius 1 is 1.22 bits per heavy atom. The quantitative estimate of drug-likeness (QED) is 0.778. The fourth-order valence-electron chi connectivity index (χ4n) is 2.38. The predicted octanol–water partition coefficient (Wildman–Crippen LogP) is 3.27. The molecule has 3 aromatic rings. The van der Waals surface area contributed by atoms with Crippen molar-refractivity contribution in [2.24, 2.45) is 5.92 Å². The van der Waals surface area contributed by atoms with Gasteiger partial charge in [-0.15, -0.1) is 10.2 Å². The first kappa shape index (κ1) is 15.5. The van der Waals surface area contributed by atoms with E-state index in [1.807, 2.05) is 17.8 Å². The topological polar surface area (TPSA) is 81.7 Å². The van der Waals surface area contributed by atoms with Crippen molar-refractivity contribution in [3.05, 3.63) is 18.3 Å². The molecular formula is C16H22N6O. The molecule has 3 heterocycles. The van der Waals surface area contributed by atoms with Crippen LogP contribution in [-0.4, -0.2) is 31.0 Å². The minimum Gasteiger partial charge on any atom is -0.421 e. The van der Waals surface area contributed by atoms with Gasteiger partial charge in [0.1, 0.15) is 0 Å². The highest BCUT2D eigenvalue weighted by Crippen LogP contribution is 2.33. The van der Waals surface area contributed by atoms with Crippen molar-refractivity contribution in [2.45, 2.75) is 47.2 Å². The van der Waals surface area contributed by atoms with Gasteiger partial charge in [0.05, 0.1) is 22.8 Å². The molecule has 0 radical (unpaired) electrons. The molecule has 122 valence electrons. The molecule has 1 atom stereocenters. The second-order valence-corrected chi connectivity index (χ2v) is 6.05. The Morgan fingerprint density at radius 3 is 2.61 bits per heavy atom. The average Bonchev–Trinajstić information content (AvgIpc) is 3.13. The Morgan fingerprint density at radius 2 is 2.00 bits per heavy atom. The van der Waals surface area contributed by atoms with Crippen molar-refractivity contribution in [1.29, 1.82) is 0 Å². The van der Waals surface area contributed by atoms with Crippen LogP contribution in [-0.2, 0) is 6.54 Å². The molecule has 0 saturated carbocycles. The molecule has 0 aliphatic rings. The molecule has 1 N–H and O–H groups in total. The smallest absolute Gasteiger partial charge is 0.251 e. The molecule has 3 rings (SSSR count). The van der Waals surface area contributed by atoms with Crippen LogP contribution in [0.1, 0.15) is 33.6 Å². The maximum Gasteiger partial charge on any atom is 0.251 e. The standard InChI is InChI=1S/C16H22N6O/c1-6-22-15-12(8-18-22)14(19-10(4)9(2)3)13(7-17-15)16-21-20-11(5)23-16/h7-10H,6H2,1-5H3,(H,17,19)/t10-/m1/s1. The van der Waals surface area contributed by atoms with Crippen molar-refractivity contribution >= 4 is 16.7 Å². The van der Waals surface area contributed by atoms with E-state index in [9.17, 15) is 0 Å². The van der Waals surface area contributed by atoms with Gasteiger partial charge in [0.15, 0.2) is 5.65 Å². The monoisotopic (exact) mass is 314 g/mol. The lowest BCUT2D eigenvalue weighted by Crippen LogP contribution is -2.22. The van der Waals surface area contributed by atoms with Gasteiger partial charge in [-0.05, 0) is 19.8 Å². The second-order valence-electron chi connectivity index (χ2n) is 6.05. The molecule has 0 bridgehead atoms. The van der Waals surface area contributed by atoms with Gasteiger partial charge in [-0.1, -0.05) is 13.8 Å². The zero-order valence-corrected chi connectivity index (χ0v) is 14.2. The van der Waals surface area contributed by atoms with E-state index >= 15 is 0 Å². The zero-order chi connectivity index (χ0) is 16.6. The minimum absolute atomic E-state index is 0.286. The van der Waals surface area contributed by atoms with Crippen LogP contribution < -0.4 is 5.32 Å². The molecule has 3 aromatic heterocycles. The van der Waals surface area contributed by atoms with Gasteiger partial charge < -0.3 is 9.73 Å². The fourth-order valence-corrected chi connectivity index (χ4v) is 2.38. The molecule has 0 fully saturated rings. The number of anilines is 1. The van der Waals surface area contributed by atoms with Crippen LogP contribution in [0.15, 0.2) is 16.8 Å². The van der Waals surface area contributed by atoms with Gasteiger partial charge in [-0.2, -0.15) is 5.10 Å². The zero-order valence-electron chi connectivity index (χ0n) is 14.2. The number of aryl methyl sites for hydroxylation is 2. The molecule has 7 nitrogen and oxygen atoms in total. The molecule has 0 spiro atoms. The first-order valence-corrected chi connectivity index (χ1v) is 7.92. The third-order valence-electron chi connectivity index (χ3n) is 4.09. The molecule has 0 amide bonds. The van der Waals surface area contributed by atoms with Gasteiger partial charge in [-0.3, -0.25) is 0 Å². The summed E-state index contributed by atoms with van der Waals surface area (Å²) >= 11 is 0. The van der Waals surface area contributed by atoms with E-state index in [-0.39, 0.29) is 6.04 Å². The number of nitrogens with one attached hydrogen (secondary N) is 1. The normalized spacial score (nSPS) is 13.0. The summed E-state index contributed by atoms with van der Waals surface area (Å²) in [4.78, 5) is 4.54. The van der Waals surface area contributed by atoms with Crippen LogP contribution in [0.25, 0.3) is 22.5 Å². The van der Waals surface area contributed by atoms with Gasteiger partial charge >= 0.3 is 0 Å². The van der Waals surface area contributed by atoms with Crippen LogP contribution in [0, 0.1) is 12.8 Å². The Kier molecular flexibility index (Phi) is 4.02. The van der Waals surface area contributed by atoms with Crippen molar-refractivity contribution in [2.75, 3.05) is 5.32 Å². The number of pyridine rings is 1. The summed E-state index contributed by atoms with van der Waals surface area (Å²) in [5.41, 5.74) is 2.60. The summed E-state index contributed by atoms with van der Waals surface area (Å²) < 4.78 is 7.48. The Bertz CT molecular complexity index is 819. The summed E-state index contributed by atoms with van der Waals surface area (Å²) in [5, 5.41) is 17.0. The van der Waals surface area contributed by atoms with E-state index in [2.05, 4.69) is 46.4 Å². The highest BCUT2D eigenvalue weighted by Gasteiger charge is 2.20. The Labute approximate surface area is 135 Å². The lowest BCUT2D eigenvalue weighted by molar-refractivity contribution is 0.532. The SMILES string of the molecule is CCn1ncc2c(N[C@H](C)C(C)C)c(-c3nnc(C)o3)cnc21. The van der Waals surface area contributed by atoms with Crippen LogP contribution in [0.4, 0.5) is 5.69 Å². The van der Waals surface area contributed by atoms with E-state index in [0.29, 0.717) is 17.7 Å². The van der Waals surface area contributed by atoms with E-state index in [1.54, 1.807) is 13.1 Å². The van der Waals surface area contributed by atoms with E-state index in [0.717, 1.165) is 28.8 Å². The first-order chi connectivity index (χ1) is 11.0. The predicted molar refractivity (Wildman–Crippen MR) is 89.2 cm³/mol. The van der Waals surface area contributed by atoms with Crippen LogP contribution >= 0.6 is 0 Å². The van der Waals surface area contributed by atoms with E-state index in [1.165, 1.54) is 0 Å². The average molecular weight is 314 g/mol. The highest BCUT2D eigenvalue weighted by atomic mass is 16.4. The summed E-state index contributed by atoms with van der Waals surface area (Å²) in [6, 6.07) is 0.286. The first-order valence-electron chi connectivity index (χ1n) is 7.92. The summed E-state index contributed by atoms with van der Waals surface area (Å²) in [6.45, 7) is 11.1. The van der Waals surface area contributed by atoms with Crippen molar-refractivity contribution < 1.29 is 4.42 Å². The van der Waals surface area contributed by atoms with Crippen molar-refractivity contribution in [3.8, 4) is 11.5 Å². The van der Waals surface area contributed by atoms with E-state index < -0.39 is 0 Å². The summed E-state index contributed by atoms with van der Waals surface area (Å²) in [7, 11) is 0. The molecule has 23 heavy (non-hydrogen) atoms. The highest BCUT2D eigenvalue weighted by molar-refractivity contribution is 5.96. The molecule has 0 aromatic carbocycles. The summed E-state index contributed by atoms with van der Waals surface area (Å²) in [6.07, 6.45) is 3.62. The molecular weight excluding hydrogens is 292 g/mol. The van der Waals surface area contributed by atoms with Gasteiger partial charge in [0, 0.05) is 25.7 Å². The maximum atomic E-state index is 5.60. The largest absolute Gasteiger partial charge is 0.421 e. The number of nitrogens with zero attached hydrogens (tertiary/aromatic N) is 5. The van der Waals surface area contributed by atoms with Gasteiger partial charge in [0.25, 0.3) is 5.89 Å². The van der Waals surface area contributed by atoms with Crippen molar-refractivity contribution in [1.82, 2.24) is 25.0 Å². The van der Waals surface area contributed by atoms with Gasteiger partial charge in [-0.25, -0.2) is 9.67 Å². The van der Waals surface area contributed by atoms with Crippen molar-refractivity contribution in [3.63, 3.8) is 0 Å². The van der Waals surface area contributed by atoms with E-state index in [4.69, 9.17) is 4.42 Å². The second kappa shape index (κ2) is 5.98. The Hall–Kier alpha value is -2.44. The lowest BCUT2D eigenvalue weighted by atomic mass is 10.0. The van der Waals surface area contributed by atoms with Gasteiger partial charge in [0.2, 0.25) is 5.89 Å². The third kappa shape index (κ3) is 2.78. The summed E-state index contributed by atoms with van der Waals surface area (Å²) in [5.74, 6) is 1.49. The molecule has 0 saturated heterocycles. The number of aromatic nitrogens is 5. The number of rotatable bonds is 5. The Balaban J connectivity index is 2.18. The molecule has 0 unspecified atom stereocenters. The third-order valence-corrected chi connectivity index (χ3v) is 4.09. The number of hydrogen-bond donors (Lipinski definition) is 1. The molecule has 7 heteroatoms. The molecule has 0 aliphatic heterocycles. The lowest BCUT2D eigenvalue weighted by Gasteiger charge is -2.20. The minimum atomic E-state index is 0.286.